The molecule has 1 heterocycles. The topological polar surface area (TPSA) is 29.5 Å². The largest absolute Gasteiger partial charge is 0.376 e. The van der Waals surface area contributed by atoms with Crippen LogP contribution in [-0.4, -0.2) is 42.4 Å². The van der Waals surface area contributed by atoms with Crippen LogP contribution in [0.15, 0.2) is 35.2 Å². The molecule has 2 fully saturated rings. The minimum atomic E-state index is 0.274. The lowest BCUT2D eigenvalue weighted by Gasteiger charge is -2.16. The molecule has 1 amide bonds. The standard InChI is InChI=1S/C17H23NO2S/c19-17(9-11-21-16-4-2-1-3-5-16)18-10-8-15(12-18)20-13-14-6-7-14/h1-5,14-15H,6-13H2/t15-/m0/s1. The van der Waals surface area contributed by atoms with Crippen LogP contribution in [0.2, 0.25) is 0 Å². The van der Waals surface area contributed by atoms with Gasteiger partial charge in [-0.25, -0.2) is 0 Å². The molecule has 3 rings (SSSR count). The summed E-state index contributed by atoms with van der Waals surface area (Å²) in [5, 5.41) is 0. The Kier molecular flexibility index (Phi) is 5.20. The molecular weight excluding hydrogens is 282 g/mol. The average Bonchev–Trinajstić information content (AvgIpc) is 3.22. The number of amides is 1. The molecule has 1 saturated heterocycles. The second-order valence-corrected chi connectivity index (χ2v) is 7.11. The summed E-state index contributed by atoms with van der Waals surface area (Å²) < 4.78 is 5.88. The van der Waals surface area contributed by atoms with E-state index in [0.29, 0.717) is 6.42 Å². The van der Waals surface area contributed by atoms with Gasteiger partial charge in [-0.1, -0.05) is 18.2 Å². The fourth-order valence-electron chi connectivity index (χ4n) is 2.58. The summed E-state index contributed by atoms with van der Waals surface area (Å²) in [6.45, 7) is 2.56. The van der Waals surface area contributed by atoms with Crippen molar-refractivity contribution in [1.82, 2.24) is 4.90 Å². The van der Waals surface area contributed by atoms with Gasteiger partial charge >= 0.3 is 0 Å². The van der Waals surface area contributed by atoms with Crippen molar-refractivity contribution < 1.29 is 9.53 Å². The third-order valence-electron chi connectivity index (χ3n) is 4.09. The van der Waals surface area contributed by atoms with E-state index in [0.717, 1.165) is 37.8 Å². The highest BCUT2D eigenvalue weighted by molar-refractivity contribution is 7.99. The summed E-state index contributed by atoms with van der Waals surface area (Å²) in [7, 11) is 0. The third-order valence-corrected chi connectivity index (χ3v) is 5.10. The zero-order chi connectivity index (χ0) is 14.5. The van der Waals surface area contributed by atoms with Gasteiger partial charge in [0.05, 0.1) is 6.10 Å². The van der Waals surface area contributed by atoms with Gasteiger partial charge in [0.15, 0.2) is 0 Å². The number of hydrogen-bond donors (Lipinski definition) is 0. The summed E-state index contributed by atoms with van der Waals surface area (Å²) in [4.78, 5) is 15.4. The molecule has 0 aromatic heterocycles. The summed E-state index contributed by atoms with van der Waals surface area (Å²) in [6.07, 6.45) is 4.55. The van der Waals surface area contributed by atoms with E-state index in [2.05, 4.69) is 12.1 Å². The number of hydrogen-bond acceptors (Lipinski definition) is 3. The number of ether oxygens (including phenoxy) is 1. The molecule has 0 spiro atoms. The third kappa shape index (κ3) is 4.75. The lowest BCUT2D eigenvalue weighted by molar-refractivity contribution is -0.130. The van der Waals surface area contributed by atoms with Crippen molar-refractivity contribution in [3.63, 3.8) is 0 Å². The zero-order valence-electron chi connectivity index (χ0n) is 12.4. The fraction of sp³-hybridized carbons (Fsp3) is 0.588. The first kappa shape index (κ1) is 14.9. The highest BCUT2D eigenvalue weighted by Crippen LogP contribution is 2.30. The number of carbonyl (C=O) groups is 1. The van der Waals surface area contributed by atoms with E-state index in [1.54, 1.807) is 11.8 Å². The summed E-state index contributed by atoms with van der Waals surface area (Å²) >= 11 is 1.75. The van der Waals surface area contributed by atoms with Gasteiger partial charge in [0.25, 0.3) is 0 Å². The van der Waals surface area contributed by atoms with Gasteiger partial charge in [-0.15, -0.1) is 11.8 Å². The molecule has 0 unspecified atom stereocenters. The molecule has 21 heavy (non-hydrogen) atoms. The van der Waals surface area contributed by atoms with E-state index >= 15 is 0 Å². The van der Waals surface area contributed by atoms with Gasteiger partial charge in [-0.05, 0) is 37.3 Å². The number of benzene rings is 1. The Bertz CT molecular complexity index is 461. The molecule has 1 aliphatic carbocycles. The van der Waals surface area contributed by atoms with Crippen LogP contribution in [-0.2, 0) is 9.53 Å². The molecule has 1 aliphatic heterocycles. The molecule has 0 radical (unpaired) electrons. The van der Waals surface area contributed by atoms with Crippen LogP contribution in [0.25, 0.3) is 0 Å². The smallest absolute Gasteiger partial charge is 0.223 e. The maximum absolute atomic E-state index is 12.2. The van der Waals surface area contributed by atoms with E-state index < -0.39 is 0 Å². The van der Waals surface area contributed by atoms with E-state index in [1.807, 2.05) is 23.1 Å². The monoisotopic (exact) mass is 305 g/mol. The Morgan fingerprint density at radius 3 is 2.81 bits per heavy atom. The molecule has 1 aromatic rings. The van der Waals surface area contributed by atoms with Crippen molar-refractivity contribution in [2.75, 3.05) is 25.4 Å². The molecule has 1 saturated carbocycles. The predicted octanol–water partition coefficient (Wildman–Crippen LogP) is 3.20. The first-order valence-electron chi connectivity index (χ1n) is 7.88. The van der Waals surface area contributed by atoms with Crippen molar-refractivity contribution in [3.05, 3.63) is 30.3 Å². The zero-order valence-corrected chi connectivity index (χ0v) is 13.2. The molecule has 2 aliphatic rings. The summed E-state index contributed by atoms with van der Waals surface area (Å²) in [6, 6.07) is 10.3. The minimum Gasteiger partial charge on any atom is -0.376 e. The second-order valence-electron chi connectivity index (χ2n) is 5.94. The number of rotatable bonds is 7. The van der Waals surface area contributed by atoms with Crippen molar-refractivity contribution in [2.45, 2.75) is 36.7 Å². The normalized spacial score (nSPS) is 21.7. The predicted molar refractivity (Wildman–Crippen MR) is 85.4 cm³/mol. The van der Waals surface area contributed by atoms with Crippen LogP contribution in [0, 0.1) is 5.92 Å². The van der Waals surface area contributed by atoms with E-state index in [1.165, 1.54) is 17.7 Å². The van der Waals surface area contributed by atoms with E-state index in [4.69, 9.17) is 4.74 Å². The molecule has 4 heteroatoms. The molecular formula is C17H23NO2S. The fourth-order valence-corrected chi connectivity index (χ4v) is 3.44. The average molecular weight is 305 g/mol. The maximum Gasteiger partial charge on any atom is 0.223 e. The van der Waals surface area contributed by atoms with Crippen molar-refractivity contribution in [1.29, 1.82) is 0 Å². The lowest BCUT2D eigenvalue weighted by atomic mass is 10.3. The van der Waals surface area contributed by atoms with Crippen molar-refractivity contribution >= 4 is 17.7 Å². The van der Waals surface area contributed by atoms with Crippen LogP contribution in [0.3, 0.4) is 0 Å². The van der Waals surface area contributed by atoms with Gasteiger partial charge in [-0.3, -0.25) is 4.79 Å². The molecule has 0 N–H and O–H groups in total. The maximum atomic E-state index is 12.2. The second kappa shape index (κ2) is 7.32. The van der Waals surface area contributed by atoms with Crippen LogP contribution in [0.1, 0.15) is 25.7 Å². The number of likely N-dealkylation sites (tertiary alicyclic amines) is 1. The Hall–Kier alpha value is -1.00. The van der Waals surface area contributed by atoms with Gasteiger partial charge in [0.1, 0.15) is 0 Å². The first-order chi connectivity index (χ1) is 10.3. The molecule has 0 bridgehead atoms. The van der Waals surface area contributed by atoms with Crippen LogP contribution >= 0.6 is 11.8 Å². The van der Waals surface area contributed by atoms with Gasteiger partial charge in [0, 0.05) is 36.8 Å². The lowest BCUT2D eigenvalue weighted by Crippen LogP contribution is -2.30. The number of carbonyl (C=O) groups excluding carboxylic acids is 1. The Morgan fingerprint density at radius 1 is 1.24 bits per heavy atom. The van der Waals surface area contributed by atoms with Crippen molar-refractivity contribution in [2.24, 2.45) is 5.92 Å². The quantitative estimate of drug-likeness (QED) is 0.725. The first-order valence-corrected chi connectivity index (χ1v) is 8.87. The molecule has 114 valence electrons. The van der Waals surface area contributed by atoms with Gasteiger partial charge in [-0.2, -0.15) is 0 Å². The van der Waals surface area contributed by atoms with E-state index in [-0.39, 0.29) is 12.0 Å². The summed E-state index contributed by atoms with van der Waals surface area (Å²) in [5.41, 5.74) is 0. The highest BCUT2D eigenvalue weighted by Gasteiger charge is 2.29. The highest BCUT2D eigenvalue weighted by atomic mass is 32.2. The number of nitrogens with zero attached hydrogens (tertiary/aromatic N) is 1. The van der Waals surface area contributed by atoms with Gasteiger partial charge in [0.2, 0.25) is 5.91 Å². The molecule has 1 aromatic carbocycles. The van der Waals surface area contributed by atoms with Crippen LogP contribution < -0.4 is 0 Å². The van der Waals surface area contributed by atoms with Crippen LogP contribution in [0.4, 0.5) is 0 Å². The Morgan fingerprint density at radius 2 is 2.05 bits per heavy atom. The number of thioether (sulfide) groups is 1. The van der Waals surface area contributed by atoms with Crippen LogP contribution in [0.5, 0.6) is 0 Å². The minimum absolute atomic E-state index is 0.274. The molecule has 1 atom stereocenters. The summed E-state index contributed by atoms with van der Waals surface area (Å²) in [5.74, 6) is 1.93. The Balaban J connectivity index is 1.33. The van der Waals surface area contributed by atoms with Gasteiger partial charge < -0.3 is 9.64 Å². The Labute approximate surface area is 131 Å². The van der Waals surface area contributed by atoms with E-state index in [9.17, 15) is 4.79 Å². The van der Waals surface area contributed by atoms with Crippen molar-refractivity contribution in [3.8, 4) is 0 Å². The molecule has 3 nitrogen and oxygen atoms in total. The SMILES string of the molecule is O=C(CCSc1ccccc1)N1CC[C@H](OCC2CC2)C1.